The zero-order chi connectivity index (χ0) is 15.0. The quantitative estimate of drug-likeness (QED) is 0.836. The van der Waals surface area contributed by atoms with E-state index in [4.69, 9.17) is 11.5 Å². The highest BCUT2D eigenvalue weighted by Gasteiger charge is 2.30. The van der Waals surface area contributed by atoms with Crippen LogP contribution in [-0.2, 0) is 0 Å². The number of nitrogens with two attached hydrogens (primary N) is 2. The maximum Gasteiger partial charge on any atom is 0.253 e. The Hall–Kier alpha value is -1.56. The highest BCUT2D eigenvalue weighted by Crippen LogP contribution is 2.40. The molecule has 0 bridgehead atoms. The third kappa shape index (κ3) is 2.52. The number of amides is 1. The average molecular weight is 295 g/mol. The molecule has 1 aromatic heterocycles. The Kier molecular flexibility index (Phi) is 4.04. The van der Waals surface area contributed by atoms with E-state index in [0.29, 0.717) is 22.3 Å². The van der Waals surface area contributed by atoms with Crippen molar-refractivity contribution < 1.29 is 9.59 Å². The van der Waals surface area contributed by atoms with Crippen LogP contribution in [0.2, 0.25) is 0 Å². The van der Waals surface area contributed by atoms with E-state index in [0.717, 1.165) is 24.5 Å². The number of ketones is 1. The molecule has 1 fully saturated rings. The lowest BCUT2D eigenvalue weighted by Gasteiger charge is -2.36. The molecule has 2 atom stereocenters. The Labute approximate surface area is 122 Å². The molecule has 5 nitrogen and oxygen atoms in total. The molecular weight excluding hydrogens is 274 g/mol. The van der Waals surface area contributed by atoms with E-state index in [1.807, 2.05) is 0 Å². The van der Waals surface area contributed by atoms with Gasteiger partial charge >= 0.3 is 0 Å². The molecule has 4 N–H and O–H groups in total. The molecule has 1 amide bonds. The zero-order valence-electron chi connectivity index (χ0n) is 12.1. The van der Waals surface area contributed by atoms with Crippen LogP contribution in [0.25, 0.3) is 0 Å². The van der Waals surface area contributed by atoms with Gasteiger partial charge in [-0.3, -0.25) is 9.59 Å². The Morgan fingerprint density at radius 1 is 1.30 bits per heavy atom. The fraction of sp³-hybridized carbons (Fsp3) is 0.571. The lowest BCUT2D eigenvalue weighted by Crippen LogP contribution is -2.38. The summed E-state index contributed by atoms with van der Waals surface area (Å²) in [6.45, 7) is 7.61. The van der Waals surface area contributed by atoms with E-state index in [-0.39, 0.29) is 11.5 Å². The first kappa shape index (κ1) is 14.8. The first-order valence-electron chi connectivity index (χ1n) is 6.80. The zero-order valence-corrected chi connectivity index (χ0v) is 12.9. The molecule has 0 saturated carbocycles. The van der Waals surface area contributed by atoms with Crippen molar-refractivity contribution in [3.05, 3.63) is 10.4 Å². The Bertz CT molecular complexity index is 553. The van der Waals surface area contributed by atoms with Gasteiger partial charge in [0, 0.05) is 20.0 Å². The van der Waals surface area contributed by atoms with Crippen molar-refractivity contribution in [2.45, 2.75) is 27.2 Å². The molecule has 0 spiro atoms. The van der Waals surface area contributed by atoms with E-state index in [2.05, 4.69) is 18.7 Å². The molecule has 1 aliphatic heterocycles. The first-order valence-corrected chi connectivity index (χ1v) is 7.62. The number of hydrogen-bond donors (Lipinski definition) is 2. The largest absolute Gasteiger partial charge is 0.397 e. The van der Waals surface area contributed by atoms with Crippen LogP contribution in [0, 0.1) is 11.8 Å². The van der Waals surface area contributed by atoms with E-state index in [1.54, 1.807) is 0 Å². The number of Topliss-reactive ketones (excluding diaryl/α,β-unsaturated/α-hetero) is 1. The fourth-order valence-corrected chi connectivity index (χ4v) is 3.76. The molecule has 110 valence electrons. The second-order valence-corrected chi connectivity index (χ2v) is 6.63. The van der Waals surface area contributed by atoms with Crippen LogP contribution >= 0.6 is 11.3 Å². The van der Waals surface area contributed by atoms with Crippen molar-refractivity contribution in [2.75, 3.05) is 23.7 Å². The second-order valence-electron chi connectivity index (χ2n) is 5.63. The summed E-state index contributed by atoms with van der Waals surface area (Å²) < 4.78 is 0. The normalized spacial score (nSPS) is 22.9. The number of piperidine rings is 1. The van der Waals surface area contributed by atoms with Crippen LogP contribution in [-0.4, -0.2) is 24.8 Å². The van der Waals surface area contributed by atoms with Gasteiger partial charge in [0.2, 0.25) is 0 Å². The van der Waals surface area contributed by atoms with Crippen molar-refractivity contribution >= 4 is 33.7 Å². The minimum Gasteiger partial charge on any atom is -0.397 e. The monoisotopic (exact) mass is 295 g/mol. The number of nitrogens with zero attached hydrogens (tertiary/aromatic N) is 1. The highest BCUT2D eigenvalue weighted by molar-refractivity contribution is 7.19. The SMILES string of the molecule is CC(=O)c1sc(N2CCC(C)C(C)C2)c(C(N)=O)c1N. The summed E-state index contributed by atoms with van der Waals surface area (Å²) in [5.41, 5.74) is 11.9. The highest BCUT2D eigenvalue weighted by atomic mass is 32.1. The molecule has 20 heavy (non-hydrogen) atoms. The minimum absolute atomic E-state index is 0.125. The van der Waals surface area contributed by atoms with Gasteiger partial charge < -0.3 is 16.4 Å². The summed E-state index contributed by atoms with van der Waals surface area (Å²) in [4.78, 5) is 25.9. The molecule has 2 heterocycles. The molecule has 1 aliphatic rings. The molecule has 0 aliphatic carbocycles. The molecule has 1 saturated heterocycles. The van der Waals surface area contributed by atoms with E-state index in [1.165, 1.54) is 18.3 Å². The van der Waals surface area contributed by atoms with Gasteiger partial charge in [-0.05, 0) is 18.3 Å². The van der Waals surface area contributed by atoms with Gasteiger partial charge in [0.15, 0.2) is 5.78 Å². The fourth-order valence-electron chi connectivity index (χ4n) is 2.60. The van der Waals surface area contributed by atoms with Crippen LogP contribution in [0.3, 0.4) is 0 Å². The van der Waals surface area contributed by atoms with Gasteiger partial charge in [-0.25, -0.2) is 0 Å². The number of thiophene rings is 1. The van der Waals surface area contributed by atoms with Gasteiger partial charge in [-0.1, -0.05) is 13.8 Å². The van der Waals surface area contributed by atoms with E-state index in [9.17, 15) is 9.59 Å². The lowest BCUT2D eigenvalue weighted by molar-refractivity contribution is 0.100. The Balaban J connectivity index is 2.43. The van der Waals surface area contributed by atoms with Gasteiger partial charge in [0.25, 0.3) is 5.91 Å². The van der Waals surface area contributed by atoms with Crippen molar-refractivity contribution in [1.82, 2.24) is 0 Å². The predicted molar refractivity (Wildman–Crippen MR) is 82.4 cm³/mol. The number of carbonyl (C=O) groups excluding carboxylic acids is 2. The smallest absolute Gasteiger partial charge is 0.253 e. The van der Waals surface area contributed by atoms with Gasteiger partial charge in [-0.15, -0.1) is 11.3 Å². The molecule has 1 aromatic rings. The van der Waals surface area contributed by atoms with Crippen molar-refractivity contribution in [2.24, 2.45) is 17.6 Å². The van der Waals surface area contributed by atoms with Crippen LogP contribution in [0.1, 0.15) is 47.2 Å². The molecular formula is C14H21N3O2S. The van der Waals surface area contributed by atoms with Gasteiger partial charge in [0.05, 0.1) is 16.1 Å². The summed E-state index contributed by atoms with van der Waals surface area (Å²) in [6, 6.07) is 0. The second kappa shape index (κ2) is 5.44. The Morgan fingerprint density at radius 2 is 1.95 bits per heavy atom. The number of primary amides is 1. The first-order chi connectivity index (χ1) is 9.32. The topological polar surface area (TPSA) is 89.4 Å². The third-order valence-electron chi connectivity index (χ3n) is 4.11. The molecule has 0 radical (unpaired) electrons. The van der Waals surface area contributed by atoms with Crippen molar-refractivity contribution in [3.63, 3.8) is 0 Å². The molecule has 2 unspecified atom stereocenters. The third-order valence-corrected chi connectivity index (χ3v) is 5.48. The summed E-state index contributed by atoms with van der Waals surface area (Å²) in [6.07, 6.45) is 1.06. The number of rotatable bonds is 3. The van der Waals surface area contributed by atoms with Crippen molar-refractivity contribution in [3.8, 4) is 0 Å². The standard InChI is InChI=1S/C14H21N3O2S/c1-7-4-5-17(6-8(7)2)14-10(13(16)19)11(15)12(20-14)9(3)18/h7-8H,4-6,15H2,1-3H3,(H2,16,19). The summed E-state index contributed by atoms with van der Waals surface area (Å²) >= 11 is 1.28. The van der Waals surface area contributed by atoms with Gasteiger partial charge in [-0.2, -0.15) is 0 Å². The van der Waals surface area contributed by atoms with Crippen LogP contribution in [0.4, 0.5) is 10.7 Å². The predicted octanol–water partition coefficient (Wildman–Crippen LogP) is 2.11. The molecule has 2 rings (SSSR count). The van der Waals surface area contributed by atoms with E-state index >= 15 is 0 Å². The number of carbonyl (C=O) groups is 2. The summed E-state index contributed by atoms with van der Waals surface area (Å²) in [5, 5.41) is 0.749. The minimum atomic E-state index is -0.562. The van der Waals surface area contributed by atoms with Crippen molar-refractivity contribution in [1.29, 1.82) is 0 Å². The van der Waals surface area contributed by atoms with Crippen LogP contribution in [0.15, 0.2) is 0 Å². The summed E-state index contributed by atoms with van der Waals surface area (Å²) in [5.74, 6) is 0.508. The maximum atomic E-state index is 11.7. The number of hydrogen-bond acceptors (Lipinski definition) is 5. The van der Waals surface area contributed by atoms with Crippen LogP contribution < -0.4 is 16.4 Å². The van der Waals surface area contributed by atoms with Crippen LogP contribution in [0.5, 0.6) is 0 Å². The maximum absolute atomic E-state index is 11.7. The number of nitrogen functional groups attached to an aromatic ring is 1. The average Bonchev–Trinajstić information content (AvgIpc) is 2.70. The molecule has 6 heteroatoms. The summed E-state index contributed by atoms with van der Waals surface area (Å²) in [7, 11) is 0. The lowest BCUT2D eigenvalue weighted by atomic mass is 9.89. The van der Waals surface area contributed by atoms with Gasteiger partial charge in [0.1, 0.15) is 5.00 Å². The molecule has 0 aromatic carbocycles. The van der Waals surface area contributed by atoms with E-state index < -0.39 is 5.91 Å². The Morgan fingerprint density at radius 3 is 2.45 bits per heavy atom. The number of anilines is 2.